The number of hydrogen-bond donors (Lipinski definition) is 0. The zero-order chi connectivity index (χ0) is 53.7. The molecule has 0 spiro atoms. The van der Waals surface area contributed by atoms with Gasteiger partial charge in [-0.05, 0) is 87.6 Å². The maximum atomic E-state index is 9.49. The van der Waals surface area contributed by atoms with E-state index in [1.807, 2.05) is 147 Å². The molecule has 64 heavy (non-hydrogen) atoms. The normalized spacial score (nSPS) is 14.6. The molecule has 0 atom stereocenters. The van der Waals surface area contributed by atoms with Crippen molar-refractivity contribution in [1.29, 1.82) is 0 Å². The highest BCUT2D eigenvalue weighted by molar-refractivity contribution is 6.09. The lowest BCUT2D eigenvalue weighted by Gasteiger charge is -2.21. The van der Waals surface area contributed by atoms with Crippen LogP contribution < -0.4 is 9.30 Å². The van der Waals surface area contributed by atoms with Gasteiger partial charge < -0.3 is 4.74 Å². The number of aromatic nitrogens is 4. The van der Waals surface area contributed by atoms with Gasteiger partial charge in [0, 0.05) is 31.3 Å². The highest BCUT2D eigenvalue weighted by atomic mass is 16.5. The molecular weight excluding hydrogens is 781 g/mol. The van der Waals surface area contributed by atoms with Gasteiger partial charge in [0.2, 0.25) is 0 Å². The van der Waals surface area contributed by atoms with Crippen molar-refractivity contribution >= 4 is 32.8 Å². The smallest absolute Gasteiger partial charge is 0.269 e. The number of para-hydroxylation sites is 4. The Kier molecular flexibility index (Phi) is 6.97. The molecule has 308 valence electrons. The van der Waals surface area contributed by atoms with Gasteiger partial charge in [-0.15, -0.1) is 0 Å². The van der Waals surface area contributed by atoms with Crippen molar-refractivity contribution in [2.75, 3.05) is 0 Å². The lowest BCUT2D eigenvalue weighted by atomic mass is 9.85. The summed E-state index contributed by atoms with van der Waals surface area (Å²) in [5.74, 6) is 1.51. The van der Waals surface area contributed by atoms with Crippen LogP contribution in [-0.2, 0) is 6.37 Å². The predicted octanol–water partition coefficient (Wildman–Crippen LogP) is 14.6. The van der Waals surface area contributed by atoms with Crippen LogP contribution in [0, 0.1) is 11.7 Å². The van der Waals surface area contributed by atoms with Crippen molar-refractivity contribution in [2.24, 2.45) is 5.41 Å². The molecule has 5 nitrogen and oxygen atoms in total. The van der Waals surface area contributed by atoms with Crippen LogP contribution in [0.1, 0.15) is 42.8 Å². The Bertz CT molecular complexity index is 4040. The lowest BCUT2D eigenvalue weighted by Crippen LogP contribution is -2.31. The van der Waals surface area contributed by atoms with E-state index in [-0.39, 0.29) is 27.9 Å². The van der Waals surface area contributed by atoms with E-state index in [1.54, 1.807) is 39.6 Å². The quantitative estimate of drug-likeness (QED) is 0.107. The minimum absolute atomic E-state index is 0.141. The summed E-state index contributed by atoms with van der Waals surface area (Å²) in [7, 11) is 0. The van der Waals surface area contributed by atoms with Crippen LogP contribution in [0.5, 0.6) is 11.5 Å². The molecule has 3 aromatic heterocycles. The van der Waals surface area contributed by atoms with Gasteiger partial charge in [-0.25, -0.2) is 4.98 Å². The van der Waals surface area contributed by atoms with E-state index >= 15 is 0 Å². The van der Waals surface area contributed by atoms with Crippen molar-refractivity contribution in [3.8, 4) is 62.1 Å². The minimum atomic E-state index is -1.75. The van der Waals surface area contributed by atoms with Gasteiger partial charge in [0.15, 0.2) is 0 Å². The first-order chi connectivity index (χ1) is 36.3. The predicted molar refractivity (Wildman–Crippen MR) is 262 cm³/mol. The van der Waals surface area contributed by atoms with E-state index in [4.69, 9.17) is 23.4 Å². The third-order valence-electron chi connectivity index (χ3n) is 11.0. The summed E-state index contributed by atoms with van der Waals surface area (Å²) in [4.78, 5) is 5.01. The highest BCUT2D eigenvalue weighted by Gasteiger charge is 2.22. The van der Waals surface area contributed by atoms with Crippen LogP contribution in [0.3, 0.4) is 0 Å². The zero-order valence-corrected chi connectivity index (χ0v) is 35.1. The summed E-state index contributed by atoms with van der Waals surface area (Å²) < 4.78 is 118. The first-order valence-corrected chi connectivity index (χ1v) is 20.9. The number of ether oxygens (including phenoxy) is 1. The number of pyridine rings is 1. The molecule has 11 aromatic rings. The maximum Gasteiger partial charge on any atom is 0.269 e. The highest BCUT2D eigenvalue weighted by Crippen LogP contribution is 2.38. The van der Waals surface area contributed by atoms with Gasteiger partial charge in [0.25, 0.3) is 6.33 Å². The topological polar surface area (TPSA) is 35.9 Å². The molecule has 0 N–H and O–H groups in total. The second kappa shape index (κ2) is 16.0. The summed E-state index contributed by atoms with van der Waals surface area (Å²) in [5.41, 5.74) is 4.89. The van der Waals surface area contributed by atoms with Gasteiger partial charge in [-0.1, -0.05) is 178 Å². The second-order valence-electron chi connectivity index (χ2n) is 16.4. The Morgan fingerprint density at radius 2 is 1.23 bits per heavy atom. The molecule has 0 unspecified atom stereocenters. The average molecular weight is 839 g/mol. The molecule has 5 heteroatoms. The van der Waals surface area contributed by atoms with Crippen LogP contribution in [0.2, 0.25) is 0 Å². The Hall–Kier alpha value is -8.02. The number of nitrogens with zero attached hydrogens (tertiary/aromatic N) is 4. The number of rotatable bonds is 9. The summed E-state index contributed by atoms with van der Waals surface area (Å²) in [6.45, 7) is 5.69. The molecular formula is C59H46N4O. The Balaban J connectivity index is 1.06. The van der Waals surface area contributed by atoms with Crippen LogP contribution in [0.25, 0.3) is 83.4 Å². The Morgan fingerprint density at radius 1 is 0.594 bits per heavy atom. The standard InChI is InChI=1S/C59H46N4O/c1-59(2,3)38-44-35-57(60-39-52(44)43-23-11-6-12-24-43)63-53-30-14-13-27-50(53)51-34-33-47(37-56(51)63)64-46-26-17-25-45(36-46)61-40-62(55-32-16-15-31-54(55)61)58-48(41-19-7-4-8-20-41)28-18-29-49(58)42-21-9-5-10-22-42/h4-37,39H,38H2,1-3H3/i4D,5D,7D,8D,9D,10D,19D,20D,21D,22D,38D2. The first kappa shape index (κ1) is 27.8. The third kappa shape index (κ3) is 7.21. The molecule has 0 radical (unpaired) electrons. The molecule has 0 aliphatic rings. The number of imidazole rings is 1. The third-order valence-corrected chi connectivity index (χ3v) is 11.0. The number of benzene rings is 8. The lowest BCUT2D eigenvalue weighted by molar-refractivity contribution is -0.571. The molecule has 3 heterocycles. The van der Waals surface area contributed by atoms with Crippen LogP contribution in [-0.4, -0.2) is 14.1 Å². The molecule has 0 saturated carbocycles. The van der Waals surface area contributed by atoms with Crippen LogP contribution in [0.15, 0.2) is 212 Å². The minimum Gasteiger partial charge on any atom is -0.458 e. The molecule has 0 amide bonds. The van der Waals surface area contributed by atoms with Crippen molar-refractivity contribution in [3.63, 3.8) is 0 Å². The Morgan fingerprint density at radius 3 is 1.97 bits per heavy atom. The second-order valence-corrected chi connectivity index (χ2v) is 16.4. The molecule has 11 rings (SSSR count). The van der Waals surface area contributed by atoms with Crippen LogP contribution >= 0.6 is 0 Å². The summed E-state index contributed by atoms with van der Waals surface area (Å²) in [6, 6.07) is 39.5. The summed E-state index contributed by atoms with van der Waals surface area (Å²) in [5, 5.41) is 1.92. The van der Waals surface area contributed by atoms with E-state index in [2.05, 4.69) is 6.33 Å². The first-order valence-electron chi connectivity index (χ1n) is 26.9. The van der Waals surface area contributed by atoms with Crippen molar-refractivity contribution < 1.29 is 25.8 Å². The fourth-order valence-corrected chi connectivity index (χ4v) is 8.38. The zero-order valence-electron chi connectivity index (χ0n) is 47.1. The van der Waals surface area contributed by atoms with Crippen molar-refractivity contribution in [3.05, 3.63) is 224 Å². The maximum absolute atomic E-state index is 9.49. The fraction of sp³-hybridized carbons (Fsp3) is 0.0847. The van der Waals surface area contributed by atoms with Gasteiger partial charge in [-0.2, -0.15) is 0 Å². The Labute approximate surface area is 390 Å². The van der Waals surface area contributed by atoms with Crippen LogP contribution in [0.4, 0.5) is 0 Å². The molecule has 0 bridgehead atoms. The summed E-state index contributed by atoms with van der Waals surface area (Å²) in [6.07, 6.45) is 3.43. The molecule has 0 saturated heterocycles. The van der Waals surface area contributed by atoms with E-state index < -0.39 is 72.2 Å². The molecule has 0 aliphatic heterocycles. The van der Waals surface area contributed by atoms with E-state index in [0.717, 1.165) is 27.4 Å². The average Bonchev–Trinajstić information content (AvgIpc) is 4.00. The number of hydrogen-bond acceptors (Lipinski definition) is 2. The molecule has 0 fully saturated rings. The van der Waals surface area contributed by atoms with Gasteiger partial charge in [0.1, 0.15) is 17.3 Å². The van der Waals surface area contributed by atoms with Crippen molar-refractivity contribution in [1.82, 2.24) is 14.1 Å². The fourth-order valence-electron chi connectivity index (χ4n) is 8.38. The van der Waals surface area contributed by atoms with Gasteiger partial charge in [-0.3, -0.25) is 13.7 Å². The monoisotopic (exact) mass is 838 g/mol. The largest absolute Gasteiger partial charge is 0.458 e. The van der Waals surface area contributed by atoms with E-state index in [1.165, 1.54) is 0 Å². The van der Waals surface area contributed by atoms with Gasteiger partial charge in [0.05, 0.1) is 47.1 Å². The SMILES string of the molecule is [2H]c1c([2H])c([2H])c(-c2cccc(-c3c([2H])c([2H])c([2H])c([2H])c3[2H])c2-[n+]2[c-]n(-c3cccc(Oc4ccc5c6ccccc6n(-c6cc(C([2H])([2H])C(C)(C)C)c(-c7ccccc7)cn6)c5c4)c3)c3ccccc32)c([2H])c1[2H]. The van der Waals surface area contributed by atoms with E-state index in [0.29, 0.717) is 45.2 Å². The van der Waals surface area contributed by atoms with E-state index in [9.17, 15) is 2.74 Å². The molecule has 0 aliphatic carbocycles. The van der Waals surface area contributed by atoms with Gasteiger partial charge >= 0.3 is 0 Å². The van der Waals surface area contributed by atoms with Crippen molar-refractivity contribution in [2.45, 2.75) is 27.1 Å². The number of fused-ring (bicyclic) bond motifs is 4. The summed E-state index contributed by atoms with van der Waals surface area (Å²) >= 11 is 0. The molecule has 8 aromatic carbocycles.